The Labute approximate surface area is 172 Å². The third-order valence-electron chi connectivity index (χ3n) is 4.90. The molecule has 11 nitrogen and oxygen atoms in total. The zero-order valence-electron chi connectivity index (χ0n) is 14.8. The highest BCUT2D eigenvalue weighted by atomic mass is 32.1. The van der Waals surface area contributed by atoms with Crippen molar-refractivity contribution in [2.45, 2.75) is 71.7 Å². The molecule has 0 aliphatic carbocycles. The molecule has 0 saturated carbocycles. The summed E-state index contributed by atoms with van der Waals surface area (Å²) in [4.78, 5) is -1.66. The van der Waals surface area contributed by atoms with E-state index in [0.717, 1.165) is 0 Å². The molecule has 2 saturated heterocycles. The van der Waals surface area contributed by atoms with Crippen LogP contribution in [0, 0.1) is 0 Å². The first kappa shape index (κ1) is 24.5. The van der Waals surface area contributed by atoms with Crippen LogP contribution in [-0.2, 0) is 14.2 Å². The predicted molar refractivity (Wildman–Crippen MR) is 98.8 cm³/mol. The zero-order valence-corrected chi connectivity index (χ0v) is 16.6. The molecular weight excluding hydrogens is 420 g/mol. The molecule has 2 aliphatic rings. The second kappa shape index (κ2) is 10.0. The van der Waals surface area contributed by atoms with Crippen LogP contribution >= 0.6 is 25.3 Å². The normalized spacial score (nSPS) is 48.4. The Morgan fingerprint density at radius 3 is 2.04 bits per heavy atom. The van der Waals surface area contributed by atoms with E-state index >= 15 is 0 Å². The quantitative estimate of drug-likeness (QED) is 0.169. The number of aliphatic hydroxyl groups excluding tert-OH is 8. The third-order valence-corrected chi connectivity index (χ3v) is 5.80. The van der Waals surface area contributed by atoms with Gasteiger partial charge in [-0.2, -0.15) is 12.6 Å². The molecule has 2 heterocycles. The van der Waals surface area contributed by atoms with Crippen LogP contribution in [0.15, 0.2) is 0 Å². The van der Waals surface area contributed by atoms with Gasteiger partial charge < -0.3 is 55.1 Å². The second-order valence-corrected chi connectivity index (χ2v) is 8.44. The van der Waals surface area contributed by atoms with E-state index < -0.39 is 78.5 Å². The van der Waals surface area contributed by atoms with Crippen LogP contribution in [-0.4, -0.2) is 126 Å². The van der Waals surface area contributed by atoms with Gasteiger partial charge in [0, 0.05) is 11.7 Å². The number of ether oxygens (including phenoxy) is 3. The monoisotopic (exact) mass is 448 g/mol. The van der Waals surface area contributed by atoms with Crippen molar-refractivity contribution in [2.24, 2.45) is 0 Å². The molecule has 166 valence electrons. The smallest absolute Gasteiger partial charge is 0.187 e. The van der Waals surface area contributed by atoms with Crippen molar-refractivity contribution in [2.75, 3.05) is 19.8 Å². The standard InChI is InChI=1S/C15H28O11S2/c16-2-5(27)1-15(28)13(23)11(22)12(7(4-18)26-15)25-14-10(21)9(20)8(19)6(3-17)24-14/h5-14,16-23,27-28H,1-4H2/t5?,6-,7-,8-,9+,10-,11+,12-,13-,14-,15+/m1/s1. The lowest BCUT2D eigenvalue weighted by molar-refractivity contribution is -0.344. The van der Waals surface area contributed by atoms with Crippen molar-refractivity contribution in [3.05, 3.63) is 0 Å². The Balaban J connectivity index is 2.17. The molecule has 0 bridgehead atoms. The van der Waals surface area contributed by atoms with E-state index in [9.17, 15) is 35.7 Å². The van der Waals surface area contributed by atoms with Gasteiger partial charge in [0.05, 0.1) is 19.8 Å². The molecule has 1 unspecified atom stereocenters. The second-order valence-electron chi connectivity index (χ2n) is 6.96. The highest BCUT2D eigenvalue weighted by molar-refractivity contribution is 7.82. The molecule has 0 amide bonds. The Bertz CT molecular complexity index is 499. The van der Waals surface area contributed by atoms with Gasteiger partial charge in [-0.15, -0.1) is 12.6 Å². The molecule has 28 heavy (non-hydrogen) atoms. The van der Waals surface area contributed by atoms with E-state index in [1.54, 1.807) is 0 Å². The highest BCUT2D eigenvalue weighted by Gasteiger charge is 2.55. The van der Waals surface area contributed by atoms with Crippen molar-refractivity contribution < 1.29 is 55.1 Å². The van der Waals surface area contributed by atoms with Crippen molar-refractivity contribution in [3.8, 4) is 0 Å². The summed E-state index contributed by atoms with van der Waals surface area (Å²) in [5, 5.41) is 78.1. The summed E-state index contributed by atoms with van der Waals surface area (Å²) < 4.78 is 16.3. The molecule has 13 heteroatoms. The zero-order chi connectivity index (χ0) is 21.2. The van der Waals surface area contributed by atoms with Crippen LogP contribution < -0.4 is 0 Å². The van der Waals surface area contributed by atoms with E-state index in [0.29, 0.717) is 0 Å². The third kappa shape index (κ3) is 4.94. The van der Waals surface area contributed by atoms with Gasteiger partial charge in [0.1, 0.15) is 53.8 Å². The van der Waals surface area contributed by atoms with Gasteiger partial charge in [-0.05, 0) is 0 Å². The van der Waals surface area contributed by atoms with Gasteiger partial charge >= 0.3 is 0 Å². The van der Waals surface area contributed by atoms with Gasteiger partial charge in [-0.1, -0.05) is 0 Å². The average Bonchev–Trinajstić information content (AvgIpc) is 2.68. The van der Waals surface area contributed by atoms with Crippen LogP contribution in [0.1, 0.15) is 6.42 Å². The summed E-state index contributed by atoms with van der Waals surface area (Å²) in [6.07, 6.45) is -13.8. The highest BCUT2D eigenvalue weighted by Crippen LogP contribution is 2.39. The van der Waals surface area contributed by atoms with E-state index in [1.807, 2.05) is 0 Å². The largest absolute Gasteiger partial charge is 0.395 e. The fraction of sp³-hybridized carbons (Fsp3) is 1.00. The van der Waals surface area contributed by atoms with Crippen LogP contribution in [0.4, 0.5) is 0 Å². The molecule has 0 aromatic carbocycles. The first-order valence-corrected chi connectivity index (χ1v) is 9.68. The minimum absolute atomic E-state index is 0.0722. The predicted octanol–water partition coefficient (Wildman–Crippen LogP) is -4.41. The Morgan fingerprint density at radius 2 is 1.50 bits per heavy atom. The molecule has 0 radical (unpaired) electrons. The molecule has 0 spiro atoms. The lowest BCUT2D eigenvalue weighted by atomic mass is 9.91. The fourth-order valence-electron chi connectivity index (χ4n) is 3.28. The molecule has 8 N–H and O–H groups in total. The maximum atomic E-state index is 10.5. The molecule has 0 aromatic rings. The number of hydrogen-bond acceptors (Lipinski definition) is 13. The molecule has 2 fully saturated rings. The molecule has 0 aromatic heterocycles. The van der Waals surface area contributed by atoms with Crippen LogP contribution in [0.5, 0.6) is 0 Å². The van der Waals surface area contributed by atoms with E-state index in [2.05, 4.69) is 25.3 Å². The van der Waals surface area contributed by atoms with Gasteiger partial charge in [0.25, 0.3) is 0 Å². The average molecular weight is 449 g/mol. The van der Waals surface area contributed by atoms with Gasteiger partial charge in [0.15, 0.2) is 6.29 Å². The summed E-state index contributed by atoms with van der Waals surface area (Å²) in [5.74, 6) is 0. The molecule has 2 aliphatic heterocycles. The Hall–Kier alpha value is 0.260. The minimum Gasteiger partial charge on any atom is -0.395 e. The topological polar surface area (TPSA) is 190 Å². The van der Waals surface area contributed by atoms with Crippen molar-refractivity contribution in [3.63, 3.8) is 0 Å². The summed E-state index contributed by atoms with van der Waals surface area (Å²) in [6.45, 7) is -1.68. The maximum absolute atomic E-state index is 10.5. The molecule has 11 atom stereocenters. The van der Waals surface area contributed by atoms with Crippen molar-refractivity contribution in [1.82, 2.24) is 0 Å². The minimum atomic E-state index is -1.74. The summed E-state index contributed by atoms with van der Waals surface area (Å²) in [6, 6.07) is 0. The SMILES string of the molecule is OCC(S)C[C@@]1(S)O[C@H](CO)[C@@H](O[C@H]2O[C@H](CO)[C@@H](O)[C@H](O)[C@H]2O)[C@H](O)[C@H]1O. The lowest BCUT2D eigenvalue weighted by Gasteiger charge is -2.50. The van der Waals surface area contributed by atoms with Crippen LogP contribution in [0.25, 0.3) is 0 Å². The van der Waals surface area contributed by atoms with Crippen LogP contribution in [0.3, 0.4) is 0 Å². The summed E-state index contributed by atoms with van der Waals surface area (Å²) in [7, 11) is 0. The van der Waals surface area contributed by atoms with E-state index in [1.165, 1.54) is 0 Å². The number of hydrogen-bond donors (Lipinski definition) is 10. The lowest BCUT2D eigenvalue weighted by Crippen LogP contribution is -2.67. The Morgan fingerprint density at radius 1 is 0.893 bits per heavy atom. The number of aliphatic hydroxyl groups is 8. The fourth-order valence-corrected chi connectivity index (χ4v) is 4.20. The molecular formula is C15H28O11S2. The Kier molecular flexibility index (Phi) is 8.80. The van der Waals surface area contributed by atoms with Crippen LogP contribution in [0.2, 0.25) is 0 Å². The van der Waals surface area contributed by atoms with Crippen molar-refractivity contribution >= 4 is 25.3 Å². The summed E-state index contributed by atoms with van der Waals surface area (Å²) in [5.41, 5.74) is 0. The first-order chi connectivity index (χ1) is 13.1. The van der Waals surface area contributed by atoms with E-state index in [4.69, 9.17) is 19.3 Å². The number of thiol groups is 2. The molecule has 2 rings (SSSR count). The first-order valence-electron chi connectivity index (χ1n) is 8.71. The van der Waals surface area contributed by atoms with Gasteiger partial charge in [-0.25, -0.2) is 0 Å². The maximum Gasteiger partial charge on any atom is 0.187 e. The van der Waals surface area contributed by atoms with E-state index in [-0.39, 0.29) is 13.0 Å². The van der Waals surface area contributed by atoms with Crippen molar-refractivity contribution in [1.29, 1.82) is 0 Å². The number of rotatable bonds is 7. The van der Waals surface area contributed by atoms with Gasteiger partial charge in [-0.3, -0.25) is 0 Å². The van der Waals surface area contributed by atoms with Gasteiger partial charge in [0.2, 0.25) is 0 Å². The summed E-state index contributed by atoms with van der Waals surface area (Å²) >= 11 is 8.35.